The smallest absolute Gasteiger partial charge is 0.822 e. The Balaban J connectivity index is -0.0000000267. The number of rotatable bonds is 0. The molecule has 64 valence electrons. The van der Waals surface area contributed by atoms with E-state index >= 15 is 0 Å². The second-order valence-electron chi connectivity index (χ2n) is 0.938. The van der Waals surface area contributed by atoms with Gasteiger partial charge >= 0.3 is 48.3 Å². The van der Waals surface area contributed by atoms with E-state index in [1.807, 2.05) is 0 Å². The summed E-state index contributed by atoms with van der Waals surface area (Å²) in [5.74, 6) is 0. The molecule has 11 heteroatoms. The van der Waals surface area contributed by atoms with E-state index < -0.39 is 15.6 Å². The average molecular weight is 282 g/mol. The Morgan fingerprint density at radius 1 is 1.00 bits per heavy atom. The zero-order valence-electron chi connectivity index (χ0n) is 6.95. The van der Waals surface area contributed by atoms with Gasteiger partial charge in [-0.05, 0) is 0 Å². The second-order valence-corrected chi connectivity index (χ2v) is 2.81. The van der Waals surface area contributed by atoms with Crippen LogP contribution in [0.25, 0.3) is 0 Å². The van der Waals surface area contributed by atoms with E-state index in [-0.39, 0.29) is 48.3 Å². The Kier molecular flexibility index (Phi) is 12.0. The van der Waals surface area contributed by atoms with Crippen LogP contribution >= 0.6 is 15.6 Å². The molecule has 0 bridgehead atoms. The van der Waals surface area contributed by atoms with Gasteiger partial charge in [-0.1, -0.05) is 0 Å². The third kappa shape index (κ3) is 381. The average Bonchev–Trinajstić information content (AvgIpc) is 1.12. The largest absolute Gasteiger partial charge is 2.00 e. The Bertz CT molecular complexity index is 132. The van der Waals surface area contributed by atoms with E-state index in [9.17, 15) is 0 Å². The van der Waals surface area contributed by atoms with Crippen molar-refractivity contribution < 1.29 is 41.3 Å². The van der Waals surface area contributed by atoms with E-state index in [4.69, 9.17) is 38.5 Å². The third-order valence-corrected chi connectivity index (χ3v) is 0. The van der Waals surface area contributed by atoms with Gasteiger partial charge in [0.1, 0.15) is 0 Å². The van der Waals surface area contributed by atoms with Gasteiger partial charge in [0, 0.05) is 0 Å². The van der Waals surface area contributed by atoms with Crippen LogP contribution < -0.4 is 19.6 Å². The molecule has 2 N–H and O–H groups in total. The molecule has 0 aliphatic heterocycles. The molecular formula is H4O8P2Sr. The van der Waals surface area contributed by atoms with Crippen molar-refractivity contribution >= 4 is 61.1 Å². The summed E-state index contributed by atoms with van der Waals surface area (Å²) in [7, 11) is -10.3. The summed E-state index contributed by atoms with van der Waals surface area (Å²) in [4.78, 5) is 48.6. The molecule has 0 fully saturated rings. The van der Waals surface area contributed by atoms with Gasteiger partial charge in [0.15, 0.2) is 0 Å². The first-order chi connectivity index (χ1) is 4.00. The van der Waals surface area contributed by atoms with Crippen LogP contribution in [0, 0.1) is 0 Å². The molecule has 0 amide bonds. The molecule has 0 atom stereocenters. The predicted molar refractivity (Wildman–Crippen MR) is 27.6 cm³/mol. The molecule has 0 saturated heterocycles. The summed E-state index contributed by atoms with van der Waals surface area (Å²) in [5, 5.41) is 0. The van der Waals surface area contributed by atoms with Crippen molar-refractivity contribution in [3.05, 3.63) is 0 Å². The van der Waals surface area contributed by atoms with Crippen molar-refractivity contribution in [3.8, 4) is 0 Å². The van der Waals surface area contributed by atoms with Crippen molar-refractivity contribution in [2.75, 3.05) is 0 Å². The fraction of sp³-hybridized carbons (Fsp3) is 0. The monoisotopic (exact) mass is 282 g/mol. The zero-order valence-corrected chi connectivity index (χ0v) is 10.2. The summed E-state index contributed by atoms with van der Waals surface area (Å²) < 4.78 is 17.3. The van der Waals surface area contributed by atoms with Gasteiger partial charge in [-0.3, -0.25) is 4.57 Å². The van der Waals surface area contributed by atoms with Gasteiger partial charge in [0.25, 0.3) is 7.82 Å². The Hall–Kier alpha value is 1.70. The van der Waals surface area contributed by atoms with Crippen LogP contribution in [0.2, 0.25) is 0 Å². The predicted octanol–water partition coefficient (Wildman–Crippen LogP) is -4.54. The maximum atomic E-state index is 8.77. The molecule has 11 heavy (non-hydrogen) atoms. The normalized spacial score (nSPS) is 10.7. The maximum Gasteiger partial charge on any atom is 2.00 e. The van der Waals surface area contributed by atoms with Gasteiger partial charge in [0.2, 0.25) is 0 Å². The van der Waals surface area contributed by atoms with Crippen LogP contribution in [0.1, 0.15) is 2.85 Å². The van der Waals surface area contributed by atoms with Crippen LogP contribution in [0.3, 0.4) is 0 Å². The van der Waals surface area contributed by atoms with Crippen LogP contribution in [-0.4, -0.2) is 55.3 Å². The van der Waals surface area contributed by atoms with E-state index in [0.717, 1.165) is 0 Å². The van der Waals surface area contributed by atoms with E-state index in [1.54, 1.807) is 0 Å². The molecule has 0 saturated carbocycles. The Morgan fingerprint density at radius 2 is 1.00 bits per heavy atom. The van der Waals surface area contributed by atoms with Crippen molar-refractivity contribution in [1.82, 2.24) is 0 Å². The summed E-state index contributed by atoms with van der Waals surface area (Å²) in [6, 6.07) is 0. The van der Waals surface area contributed by atoms with Gasteiger partial charge in [-0.25, -0.2) is 0 Å². The maximum absolute atomic E-state index is 8.77. The first-order valence-corrected chi connectivity index (χ1v) is 4.49. The topological polar surface area (TPSA) is 167 Å². The molecule has 0 aliphatic rings. The minimum Gasteiger partial charge on any atom is -0.822 e. The first kappa shape index (κ1) is 18.5. The molecule has 0 spiro atoms. The molecule has 0 aliphatic carbocycles. The Labute approximate surface area is 102 Å². The summed E-state index contributed by atoms with van der Waals surface area (Å²) in [5.41, 5.74) is 0. The number of phosphoric acid groups is 2. The first-order valence-electron chi connectivity index (χ1n) is 1.50. The zero-order chi connectivity index (χ0) is 9.00. The van der Waals surface area contributed by atoms with Crippen LogP contribution in [-0.2, 0) is 9.13 Å². The van der Waals surface area contributed by atoms with Crippen molar-refractivity contribution in [3.63, 3.8) is 0 Å². The van der Waals surface area contributed by atoms with Gasteiger partial charge in [-0.2, -0.15) is 7.82 Å². The second kappa shape index (κ2) is 7.14. The molecule has 0 aromatic rings. The molecule has 0 aromatic carbocycles. The van der Waals surface area contributed by atoms with Gasteiger partial charge in [0.05, 0.1) is 0 Å². The van der Waals surface area contributed by atoms with Crippen molar-refractivity contribution in [2.24, 2.45) is 0 Å². The standard InChI is InChI=1S/2H3O4P.Sr/c2*1-5(2,3)4;/h2*(H3,1,2,3,4);/q;;+2/p-2. The molecule has 8 nitrogen and oxygen atoms in total. The molecule has 0 rings (SSSR count). The summed E-state index contributed by atoms with van der Waals surface area (Å²) in [6.07, 6.45) is 0. The Morgan fingerprint density at radius 3 is 1.00 bits per heavy atom. The SMILES string of the molecule is O=P([O-])(O)O.O=P([O-])([O-])[O-].[H+].[H+].[Sr+2]. The molecular weight excluding hydrogens is 278 g/mol. The van der Waals surface area contributed by atoms with Crippen molar-refractivity contribution in [1.29, 1.82) is 0 Å². The van der Waals surface area contributed by atoms with E-state index in [2.05, 4.69) is 0 Å². The number of hydrogen-bond donors (Lipinski definition) is 2. The molecule has 0 unspecified atom stereocenters. The molecule has 0 radical (unpaired) electrons. The summed E-state index contributed by atoms with van der Waals surface area (Å²) >= 11 is 0. The van der Waals surface area contributed by atoms with E-state index in [1.165, 1.54) is 0 Å². The third-order valence-electron chi connectivity index (χ3n) is 0. The minimum absolute atomic E-state index is 0. The van der Waals surface area contributed by atoms with Crippen molar-refractivity contribution in [2.45, 2.75) is 0 Å². The van der Waals surface area contributed by atoms with Crippen LogP contribution in [0.5, 0.6) is 0 Å². The molecule has 0 heterocycles. The minimum atomic E-state index is -5.39. The quantitative estimate of drug-likeness (QED) is 0.330. The fourth-order valence-corrected chi connectivity index (χ4v) is 0. The molecule has 0 aromatic heterocycles. The number of hydrogen-bond acceptors (Lipinski definition) is 6. The van der Waals surface area contributed by atoms with Gasteiger partial charge in [-0.15, -0.1) is 0 Å². The van der Waals surface area contributed by atoms with Crippen LogP contribution in [0.15, 0.2) is 0 Å². The fourth-order valence-electron chi connectivity index (χ4n) is 0. The van der Waals surface area contributed by atoms with E-state index in [0.29, 0.717) is 0 Å². The van der Waals surface area contributed by atoms with Gasteiger partial charge < -0.3 is 33.9 Å². The van der Waals surface area contributed by atoms with Crippen LogP contribution in [0.4, 0.5) is 0 Å². The summed E-state index contributed by atoms with van der Waals surface area (Å²) in [6.45, 7) is 0.